The number of ether oxygens (including phenoxy) is 2. The minimum Gasteiger partial charge on any atom is -0.485 e. The van der Waals surface area contributed by atoms with Crippen LogP contribution < -0.4 is 19.9 Å². The maximum atomic E-state index is 14.0. The fourth-order valence-corrected chi connectivity index (χ4v) is 7.01. The zero-order valence-electron chi connectivity index (χ0n) is 24.8. The fourth-order valence-electron chi connectivity index (χ4n) is 5.42. The quantitative estimate of drug-likeness (QED) is 0.110. The number of anilines is 2. The normalized spacial score (nSPS) is 13.8. The highest BCUT2D eigenvalue weighted by molar-refractivity contribution is 7.93. The molecule has 246 valence electrons. The molecule has 0 unspecified atom stereocenters. The van der Waals surface area contributed by atoms with Gasteiger partial charge in [-0.25, -0.2) is 35.6 Å². The van der Waals surface area contributed by atoms with Crippen LogP contribution in [0.15, 0.2) is 54.9 Å². The summed E-state index contributed by atoms with van der Waals surface area (Å²) in [6, 6.07) is 8.94. The number of nitrogens with two attached hydrogens (primary N) is 1. The SMILES string of the molecule is Cc1cc(Oc2c(F)cccc2F)ncc1-n1ncc(C(=O)c2cc3cc(OCC(F)F)c(NS(=O)(=O)C4CCCC4)cc3[nH]2)c1N. The molecule has 6 rings (SSSR count). The predicted molar refractivity (Wildman–Crippen MR) is 165 cm³/mol. The number of hydrogen-bond acceptors (Lipinski definition) is 8. The highest BCUT2D eigenvalue weighted by atomic mass is 32.2. The van der Waals surface area contributed by atoms with Crippen molar-refractivity contribution < 1.29 is 40.2 Å². The minimum absolute atomic E-state index is 0.0149. The number of carbonyl (C=O) groups is 1. The summed E-state index contributed by atoms with van der Waals surface area (Å²) in [5, 5.41) is 4.01. The van der Waals surface area contributed by atoms with Crippen molar-refractivity contribution in [3.63, 3.8) is 0 Å². The van der Waals surface area contributed by atoms with Gasteiger partial charge in [-0.2, -0.15) is 5.10 Å². The number of aryl methyl sites for hydroxylation is 1. The van der Waals surface area contributed by atoms with Crippen LogP contribution in [-0.4, -0.2) is 52.2 Å². The molecule has 0 amide bonds. The number of nitrogens with zero attached hydrogens (tertiary/aromatic N) is 3. The summed E-state index contributed by atoms with van der Waals surface area (Å²) in [5.41, 5.74) is 7.58. The van der Waals surface area contributed by atoms with Gasteiger partial charge in [0.2, 0.25) is 27.4 Å². The molecule has 0 atom stereocenters. The van der Waals surface area contributed by atoms with Crippen molar-refractivity contribution in [3.8, 4) is 23.1 Å². The van der Waals surface area contributed by atoms with E-state index in [1.54, 1.807) is 6.92 Å². The molecule has 3 aromatic heterocycles. The van der Waals surface area contributed by atoms with Crippen LogP contribution in [-0.2, 0) is 10.0 Å². The summed E-state index contributed by atoms with van der Waals surface area (Å²) in [6.45, 7) is 0.700. The van der Waals surface area contributed by atoms with Crippen LogP contribution in [0.5, 0.6) is 17.4 Å². The van der Waals surface area contributed by atoms with Gasteiger partial charge in [-0.05, 0) is 55.7 Å². The topological polar surface area (TPSA) is 154 Å². The highest BCUT2D eigenvalue weighted by Gasteiger charge is 2.30. The van der Waals surface area contributed by atoms with E-state index >= 15 is 0 Å². The molecule has 0 bridgehead atoms. The number of halogens is 4. The summed E-state index contributed by atoms with van der Waals surface area (Å²) >= 11 is 0. The number of ketones is 1. The van der Waals surface area contributed by atoms with E-state index in [1.807, 2.05) is 0 Å². The second-order valence-corrected chi connectivity index (χ2v) is 13.0. The molecule has 5 aromatic rings. The van der Waals surface area contributed by atoms with E-state index in [4.69, 9.17) is 15.2 Å². The highest BCUT2D eigenvalue weighted by Crippen LogP contribution is 2.35. The average molecular weight is 673 g/mol. The Hall–Kier alpha value is -5.12. The molecule has 0 aliphatic heterocycles. The Balaban J connectivity index is 1.28. The molecular weight excluding hydrogens is 644 g/mol. The number of fused-ring (bicyclic) bond motifs is 1. The monoisotopic (exact) mass is 672 g/mol. The average Bonchev–Trinajstić information content (AvgIpc) is 3.78. The van der Waals surface area contributed by atoms with Gasteiger partial charge in [0.1, 0.15) is 18.2 Å². The number of alkyl halides is 2. The third-order valence-electron chi connectivity index (χ3n) is 7.79. The molecule has 1 aliphatic rings. The molecule has 3 heterocycles. The second kappa shape index (κ2) is 12.6. The van der Waals surface area contributed by atoms with E-state index < -0.39 is 51.5 Å². The van der Waals surface area contributed by atoms with Crippen LogP contribution in [0.25, 0.3) is 16.6 Å². The first-order valence-corrected chi connectivity index (χ1v) is 16.0. The minimum atomic E-state index is -3.82. The lowest BCUT2D eigenvalue weighted by Gasteiger charge is -2.17. The molecule has 47 heavy (non-hydrogen) atoms. The number of sulfonamides is 1. The summed E-state index contributed by atoms with van der Waals surface area (Å²) in [5.74, 6) is -3.21. The third kappa shape index (κ3) is 6.45. The molecule has 0 spiro atoms. The fraction of sp³-hybridized carbons (Fsp3) is 0.258. The van der Waals surface area contributed by atoms with Crippen LogP contribution in [0, 0.1) is 18.6 Å². The van der Waals surface area contributed by atoms with Crippen LogP contribution in [0.2, 0.25) is 0 Å². The lowest BCUT2D eigenvalue weighted by atomic mass is 10.1. The molecule has 11 nitrogen and oxygen atoms in total. The van der Waals surface area contributed by atoms with Crippen LogP contribution >= 0.6 is 0 Å². The summed E-state index contributed by atoms with van der Waals surface area (Å²) in [6.07, 6.45) is 2.29. The molecular formula is C31H28F4N6O5S. The van der Waals surface area contributed by atoms with Crippen LogP contribution in [0.4, 0.5) is 29.1 Å². The standard InChI is InChI=1S/C31H28F4N6O5S/c1-16-9-28(46-30-20(32)7-4-8-21(30)33)37-14-25(16)41-31(36)19(13-38-41)29(42)24-10-17-11-26(45-15-27(34)35)23(12-22(17)39-24)40-47(43,44)18-5-2-3-6-18/h4,7-14,18,27,39-40H,2-3,5-6,15,36H2,1H3. The molecule has 2 aromatic carbocycles. The van der Waals surface area contributed by atoms with Gasteiger partial charge < -0.3 is 20.2 Å². The molecule has 1 saturated carbocycles. The van der Waals surface area contributed by atoms with E-state index in [-0.39, 0.29) is 34.4 Å². The number of aromatic nitrogens is 4. The van der Waals surface area contributed by atoms with Crippen molar-refractivity contribution in [2.45, 2.75) is 44.3 Å². The lowest BCUT2D eigenvalue weighted by Crippen LogP contribution is -2.25. The summed E-state index contributed by atoms with van der Waals surface area (Å²) in [7, 11) is -3.82. The van der Waals surface area contributed by atoms with Crippen molar-refractivity contribution >= 4 is 38.2 Å². The number of nitrogen functional groups attached to an aromatic ring is 1. The molecule has 16 heteroatoms. The molecule has 0 saturated heterocycles. The van der Waals surface area contributed by atoms with Gasteiger partial charge in [0.15, 0.2) is 11.6 Å². The molecule has 1 fully saturated rings. The maximum Gasteiger partial charge on any atom is 0.272 e. The number of H-pyrrole nitrogens is 1. The number of carbonyl (C=O) groups excluding carboxylic acids is 1. The third-order valence-corrected chi connectivity index (χ3v) is 9.64. The zero-order valence-corrected chi connectivity index (χ0v) is 25.6. The van der Waals surface area contributed by atoms with Gasteiger partial charge in [-0.1, -0.05) is 18.9 Å². The molecule has 4 N–H and O–H groups in total. The first-order valence-electron chi connectivity index (χ1n) is 14.5. The Bertz CT molecular complexity index is 2070. The summed E-state index contributed by atoms with van der Waals surface area (Å²) < 4.78 is 94.3. The lowest BCUT2D eigenvalue weighted by molar-refractivity contribution is 0.0823. The Morgan fingerprint density at radius 3 is 2.53 bits per heavy atom. The van der Waals surface area contributed by atoms with E-state index in [0.29, 0.717) is 35.0 Å². The zero-order chi connectivity index (χ0) is 33.5. The van der Waals surface area contributed by atoms with E-state index in [9.17, 15) is 30.8 Å². The summed E-state index contributed by atoms with van der Waals surface area (Å²) in [4.78, 5) is 20.6. The number of hydrogen-bond donors (Lipinski definition) is 3. The van der Waals surface area contributed by atoms with Crippen molar-refractivity contribution in [3.05, 3.63) is 83.3 Å². The van der Waals surface area contributed by atoms with Gasteiger partial charge >= 0.3 is 0 Å². The number of benzene rings is 2. The van der Waals surface area contributed by atoms with Crippen LogP contribution in [0.3, 0.4) is 0 Å². The van der Waals surface area contributed by atoms with Gasteiger partial charge in [-0.15, -0.1) is 0 Å². The molecule has 0 radical (unpaired) electrons. The predicted octanol–water partition coefficient (Wildman–Crippen LogP) is 6.27. The Morgan fingerprint density at radius 2 is 1.85 bits per heavy atom. The largest absolute Gasteiger partial charge is 0.485 e. The number of pyridine rings is 1. The Labute approximate surface area is 265 Å². The smallest absolute Gasteiger partial charge is 0.272 e. The van der Waals surface area contributed by atoms with Crippen molar-refractivity contribution in [2.24, 2.45) is 0 Å². The van der Waals surface area contributed by atoms with E-state index in [0.717, 1.165) is 25.0 Å². The first kappa shape index (κ1) is 31.8. The van der Waals surface area contributed by atoms with Crippen molar-refractivity contribution in [2.75, 3.05) is 17.1 Å². The Kier molecular flexibility index (Phi) is 8.53. The number of nitrogens with one attached hydrogen (secondary N) is 2. The van der Waals surface area contributed by atoms with E-state index in [2.05, 4.69) is 19.8 Å². The first-order chi connectivity index (χ1) is 22.4. The van der Waals surface area contributed by atoms with Gasteiger partial charge in [0.25, 0.3) is 6.43 Å². The van der Waals surface area contributed by atoms with E-state index in [1.165, 1.54) is 47.4 Å². The van der Waals surface area contributed by atoms with Crippen molar-refractivity contribution in [1.82, 2.24) is 19.7 Å². The van der Waals surface area contributed by atoms with Gasteiger partial charge in [-0.3, -0.25) is 9.52 Å². The number of rotatable bonds is 11. The number of aromatic amines is 1. The second-order valence-electron chi connectivity index (χ2n) is 11.0. The van der Waals surface area contributed by atoms with Gasteiger partial charge in [0, 0.05) is 17.0 Å². The maximum absolute atomic E-state index is 14.0. The Morgan fingerprint density at radius 1 is 1.13 bits per heavy atom. The van der Waals surface area contributed by atoms with Crippen molar-refractivity contribution in [1.29, 1.82) is 0 Å². The van der Waals surface area contributed by atoms with Gasteiger partial charge in [0.05, 0.1) is 40.3 Å². The van der Waals surface area contributed by atoms with Crippen LogP contribution in [0.1, 0.15) is 47.3 Å². The molecule has 1 aliphatic carbocycles. The number of para-hydroxylation sites is 1.